The lowest BCUT2D eigenvalue weighted by atomic mass is 9.85. The van der Waals surface area contributed by atoms with E-state index < -0.39 is 11.9 Å². The van der Waals surface area contributed by atoms with E-state index >= 15 is 0 Å². The highest BCUT2D eigenvalue weighted by atomic mass is 19.1. The van der Waals surface area contributed by atoms with Crippen molar-refractivity contribution in [1.82, 2.24) is 14.9 Å². The van der Waals surface area contributed by atoms with E-state index in [1.807, 2.05) is 18.3 Å². The van der Waals surface area contributed by atoms with Crippen molar-refractivity contribution < 1.29 is 23.8 Å². The summed E-state index contributed by atoms with van der Waals surface area (Å²) in [5, 5.41) is 16.7. The third-order valence-electron chi connectivity index (χ3n) is 7.24. The SMILES string of the molecule is COc1ccc(F)cc1[C@H]1CCCN1c1ccn2ncc(C(=O)NC3CCCC(C(=O)O)C3)c2c1. The van der Waals surface area contributed by atoms with Crippen LogP contribution >= 0.6 is 0 Å². The standard InChI is InChI=1S/C26H29FN4O4/c1-35-24-8-7-17(27)13-20(24)22-6-3-10-30(22)19-9-11-31-23(14-19)21(15-28-31)25(32)29-18-5-2-4-16(12-18)26(33)34/h7-9,11,13-16,18,22H,2-6,10,12H2,1H3,(H,29,32)(H,33,34)/t16?,18?,22-/m1/s1. The van der Waals surface area contributed by atoms with Gasteiger partial charge in [-0.2, -0.15) is 5.10 Å². The molecule has 3 heterocycles. The van der Waals surface area contributed by atoms with Crippen LogP contribution < -0.4 is 15.0 Å². The molecule has 35 heavy (non-hydrogen) atoms. The molecule has 3 atom stereocenters. The second kappa shape index (κ2) is 9.56. The Bertz CT molecular complexity index is 1260. The molecule has 184 valence electrons. The van der Waals surface area contributed by atoms with Crippen LogP contribution in [-0.4, -0.2) is 46.3 Å². The predicted molar refractivity (Wildman–Crippen MR) is 128 cm³/mol. The number of nitrogens with zero attached hydrogens (tertiary/aromatic N) is 3. The summed E-state index contributed by atoms with van der Waals surface area (Å²) in [7, 11) is 1.59. The van der Waals surface area contributed by atoms with Gasteiger partial charge in [-0.1, -0.05) is 6.42 Å². The van der Waals surface area contributed by atoms with Crippen LogP contribution in [0, 0.1) is 11.7 Å². The Morgan fingerprint density at radius 2 is 2.03 bits per heavy atom. The number of halogens is 1. The first-order chi connectivity index (χ1) is 16.9. The van der Waals surface area contributed by atoms with Crippen LogP contribution in [-0.2, 0) is 4.79 Å². The summed E-state index contributed by atoms with van der Waals surface area (Å²) >= 11 is 0. The van der Waals surface area contributed by atoms with Crippen LogP contribution in [0.25, 0.3) is 5.52 Å². The second-order valence-electron chi connectivity index (χ2n) is 9.38. The summed E-state index contributed by atoms with van der Waals surface area (Å²) in [6.45, 7) is 0.800. The number of aliphatic carboxylic acids is 1. The maximum Gasteiger partial charge on any atom is 0.306 e. The number of benzene rings is 1. The van der Waals surface area contributed by atoms with E-state index in [-0.39, 0.29) is 23.8 Å². The maximum atomic E-state index is 14.1. The smallest absolute Gasteiger partial charge is 0.306 e. The molecule has 0 spiro atoms. The van der Waals surface area contributed by atoms with E-state index in [9.17, 15) is 19.1 Å². The minimum atomic E-state index is -0.806. The Morgan fingerprint density at radius 3 is 2.83 bits per heavy atom. The average molecular weight is 481 g/mol. The zero-order valence-corrected chi connectivity index (χ0v) is 19.6. The van der Waals surface area contributed by atoms with E-state index in [4.69, 9.17) is 4.74 Å². The number of anilines is 1. The van der Waals surface area contributed by atoms with E-state index in [1.54, 1.807) is 23.9 Å². The molecule has 9 heteroatoms. The van der Waals surface area contributed by atoms with Crippen LogP contribution in [0.15, 0.2) is 42.7 Å². The first kappa shape index (κ1) is 23.1. The molecule has 1 aliphatic carbocycles. The molecule has 1 aromatic carbocycles. The maximum absolute atomic E-state index is 14.1. The first-order valence-electron chi connectivity index (χ1n) is 12.1. The summed E-state index contributed by atoms with van der Waals surface area (Å²) in [5.74, 6) is -1.12. The number of carboxylic acids is 1. The van der Waals surface area contributed by atoms with Crippen molar-refractivity contribution in [1.29, 1.82) is 0 Å². The van der Waals surface area contributed by atoms with Crippen molar-refractivity contribution in [2.45, 2.75) is 50.6 Å². The molecule has 2 fully saturated rings. The van der Waals surface area contributed by atoms with Gasteiger partial charge in [-0.05, 0) is 62.4 Å². The van der Waals surface area contributed by atoms with Crippen LogP contribution in [0.2, 0.25) is 0 Å². The fraction of sp³-hybridized carbons (Fsp3) is 0.423. The molecule has 2 aliphatic rings. The molecule has 2 N–H and O–H groups in total. The number of pyridine rings is 1. The van der Waals surface area contributed by atoms with Gasteiger partial charge in [0.25, 0.3) is 5.91 Å². The van der Waals surface area contributed by atoms with Gasteiger partial charge in [-0.15, -0.1) is 0 Å². The normalized spacial score (nSPS) is 22.3. The van der Waals surface area contributed by atoms with Crippen LogP contribution in [0.4, 0.5) is 10.1 Å². The van der Waals surface area contributed by atoms with Crippen LogP contribution in [0.5, 0.6) is 5.75 Å². The Morgan fingerprint density at radius 1 is 1.17 bits per heavy atom. The van der Waals surface area contributed by atoms with Crippen LogP contribution in [0.3, 0.4) is 0 Å². The number of carboxylic acid groups (broad SMARTS) is 1. The molecule has 2 aromatic heterocycles. The third kappa shape index (κ3) is 4.54. The Kier molecular flexibility index (Phi) is 6.32. The lowest BCUT2D eigenvalue weighted by Crippen LogP contribution is -2.39. The van der Waals surface area contributed by atoms with Gasteiger partial charge >= 0.3 is 5.97 Å². The molecular formula is C26H29FN4O4. The molecule has 5 rings (SSSR count). The number of hydrogen-bond donors (Lipinski definition) is 2. The number of nitrogens with one attached hydrogen (secondary N) is 1. The lowest BCUT2D eigenvalue weighted by Gasteiger charge is -2.28. The summed E-state index contributed by atoms with van der Waals surface area (Å²) in [6.07, 6.45) is 7.82. The third-order valence-corrected chi connectivity index (χ3v) is 7.24. The van der Waals surface area contributed by atoms with Crippen molar-refractivity contribution in [3.63, 3.8) is 0 Å². The predicted octanol–water partition coefficient (Wildman–Crippen LogP) is 4.20. The summed E-state index contributed by atoms with van der Waals surface area (Å²) in [6, 6.07) is 8.27. The van der Waals surface area contributed by atoms with Gasteiger partial charge in [-0.25, -0.2) is 8.91 Å². The van der Waals surface area contributed by atoms with E-state index in [1.165, 1.54) is 12.1 Å². The van der Waals surface area contributed by atoms with E-state index in [0.717, 1.165) is 43.5 Å². The molecule has 3 aromatic rings. The highest BCUT2D eigenvalue weighted by Gasteiger charge is 2.31. The largest absolute Gasteiger partial charge is 0.496 e. The molecule has 1 amide bonds. The number of carbonyl (C=O) groups is 2. The van der Waals surface area contributed by atoms with Crippen molar-refractivity contribution in [2.75, 3.05) is 18.6 Å². The minimum Gasteiger partial charge on any atom is -0.496 e. The van der Waals surface area contributed by atoms with Gasteiger partial charge in [0.2, 0.25) is 0 Å². The number of ether oxygens (including phenoxy) is 1. The molecule has 1 saturated carbocycles. The number of rotatable bonds is 6. The number of carbonyl (C=O) groups excluding carboxylic acids is 1. The minimum absolute atomic E-state index is 0.0431. The molecule has 1 aliphatic heterocycles. The summed E-state index contributed by atoms with van der Waals surface area (Å²) < 4.78 is 21.2. The number of methoxy groups -OCH3 is 1. The zero-order valence-electron chi connectivity index (χ0n) is 19.6. The van der Waals surface area contributed by atoms with Gasteiger partial charge < -0.3 is 20.1 Å². The number of fused-ring (bicyclic) bond motifs is 1. The van der Waals surface area contributed by atoms with Crippen LogP contribution in [0.1, 0.15) is 60.5 Å². The van der Waals surface area contributed by atoms with Gasteiger partial charge in [0.15, 0.2) is 0 Å². The van der Waals surface area contributed by atoms with Gasteiger partial charge in [-0.3, -0.25) is 9.59 Å². The quantitative estimate of drug-likeness (QED) is 0.549. The molecule has 8 nitrogen and oxygen atoms in total. The van der Waals surface area contributed by atoms with Crippen molar-refractivity contribution in [2.24, 2.45) is 5.92 Å². The van der Waals surface area contributed by atoms with Gasteiger partial charge in [0.05, 0.1) is 36.3 Å². The average Bonchev–Trinajstić information content (AvgIpc) is 3.51. The fourth-order valence-corrected chi connectivity index (χ4v) is 5.50. The van der Waals surface area contributed by atoms with E-state index in [2.05, 4.69) is 15.3 Å². The van der Waals surface area contributed by atoms with Crippen molar-refractivity contribution in [3.05, 3.63) is 59.7 Å². The molecule has 1 saturated heterocycles. The van der Waals surface area contributed by atoms with Crippen molar-refractivity contribution >= 4 is 23.1 Å². The summed E-state index contributed by atoms with van der Waals surface area (Å²) in [4.78, 5) is 26.7. The Hall–Kier alpha value is -3.62. The Labute approximate surface area is 202 Å². The summed E-state index contributed by atoms with van der Waals surface area (Å²) in [5.41, 5.74) is 2.84. The zero-order chi connectivity index (χ0) is 24.5. The molecule has 2 unspecified atom stereocenters. The fourth-order valence-electron chi connectivity index (χ4n) is 5.50. The highest BCUT2D eigenvalue weighted by Crippen LogP contribution is 2.40. The first-order valence-corrected chi connectivity index (χ1v) is 12.1. The van der Waals surface area contributed by atoms with Gasteiger partial charge in [0.1, 0.15) is 11.6 Å². The lowest BCUT2D eigenvalue weighted by molar-refractivity contribution is -0.143. The van der Waals surface area contributed by atoms with E-state index in [0.29, 0.717) is 29.7 Å². The number of amides is 1. The second-order valence-corrected chi connectivity index (χ2v) is 9.38. The molecular weight excluding hydrogens is 451 g/mol. The van der Waals surface area contributed by atoms with Crippen molar-refractivity contribution in [3.8, 4) is 5.75 Å². The monoisotopic (exact) mass is 480 g/mol. The Balaban J connectivity index is 1.41. The topological polar surface area (TPSA) is 96.2 Å². The van der Waals surface area contributed by atoms with Gasteiger partial charge in [0, 0.05) is 30.0 Å². The number of aromatic nitrogens is 2. The highest BCUT2D eigenvalue weighted by molar-refractivity contribution is 6.01. The number of hydrogen-bond acceptors (Lipinski definition) is 5. The molecule has 0 bridgehead atoms. The molecule has 0 radical (unpaired) electrons.